The van der Waals surface area contributed by atoms with Crippen LogP contribution in [-0.4, -0.2) is 49.8 Å². The van der Waals surface area contributed by atoms with Gasteiger partial charge in [0, 0.05) is 26.2 Å². The Labute approximate surface area is 130 Å². The highest BCUT2D eigenvalue weighted by atomic mass is 32.2. The molecule has 2 rings (SSSR count). The van der Waals surface area contributed by atoms with Gasteiger partial charge in [0.15, 0.2) is 0 Å². The maximum atomic E-state index is 11.9. The number of nitrogens with one attached hydrogen (secondary N) is 3. The van der Waals surface area contributed by atoms with Crippen LogP contribution >= 0.6 is 0 Å². The summed E-state index contributed by atoms with van der Waals surface area (Å²) in [7, 11) is -4.08. The van der Waals surface area contributed by atoms with Crippen molar-refractivity contribution in [2.24, 2.45) is 0 Å². The van der Waals surface area contributed by atoms with Gasteiger partial charge < -0.3 is 16.0 Å². The van der Waals surface area contributed by atoms with Gasteiger partial charge in [-0.05, 0) is 12.0 Å². The summed E-state index contributed by atoms with van der Waals surface area (Å²) < 4.78 is 31.0. The van der Waals surface area contributed by atoms with Crippen molar-refractivity contribution in [2.75, 3.05) is 19.6 Å². The van der Waals surface area contributed by atoms with E-state index in [2.05, 4.69) is 16.0 Å². The topological polar surface area (TPSA) is 108 Å². The lowest BCUT2D eigenvalue weighted by atomic mass is 10.2. The Bertz CT molecular complexity index is 591. The summed E-state index contributed by atoms with van der Waals surface area (Å²) >= 11 is 0. The minimum Gasteiger partial charge on any atom is -0.353 e. The van der Waals surface area contributed by atoms with E-state index < -0.39 is 21.4 Å². The Hall–Kier alpha value is -1.48. The molecule has 0 aromatic heterocycles. The SMILES string of the molecule is O=C(NCCNCc1ccccc1)[C@@H]1CC(S(=O)(=O)O)CN1. The van der Waals surface area contributed by atoms with Crippen LogP contribution in [0.2, 0.25) is 0 Å². The van der Waals surface area contributed by atoms with Crippen LogP contribution in [0.3, 0.4) is 0 Å². The van der Waals surface area contributed by atoms with E-state index >= 15 is 0 Å². The number of hydrogen-bond acceptors (Lipinski definition) is 5. The minimum atomic E-state index is -4.08. The van der Waals surface area contributed by atoms with Gasteiger partial charge in [0.05, 0.1) is 6.04 Å². The van der Waals surface area contributed by atoms with Gasteiger partial charge in [-0.3, -0.25) is 9.35 Å². The summed E-state index contributed by atoms with van der Waals surface area (Å²) in [6.45, 7) is 1.90. The molecule has 7 nitrogen and oxygen atoms in total. The molecule has 122 valence electrons. The lowest BCUT2D eigenvalue weighted by Crippen LogP contribution is -2.42. The average molecular weight is 327 g/mol. The van der Waals surface area contributed by atoms with Crippen molar-refractivity contribution in [1.29, 1.82) is 0 Å². The van der Waals surface area contributed by atoms with Crippen LogP contribution in [0.5, 0.6) is 0 Å². The summed E-state index contributed by atoms with van der Waals surface area (Å²) in [5, 5.41) is 7.86. The summed E-state index contributed by atoms with van der Waals surface area (Å²) in [5.74, 6) is -0.243. The molecule has 1 heterocycles. The largest absolute Gasteiger partial charge is 0.353 e. The van der Waals surface area contributed by atoms with E-state index in [1.807, 2.05) is 30.3 Å². The molecular formula is C14H21N3O4S. The first-order valence-corrected chi connectivity index (χ1v) is 8.69. The second kappa shape index (κ2) is 7.68. The highest BCUT2D eigenvalue weighted by Crippen LogP contribution is 2.13. The Morgan fingerprint density at radius 2 is 2.00 bits per heavy atom. The Balaban J connectivity index is 1.62. The third kappa shape index (κ3) is 5.06. The zero-order valence-electron chi connectivity index (χ0n) is 12.2. The van der Waals surface area contributed by atoms with Crippen molar-refractivity contribution in [1.82, 2.24) is 16.0 Å². The normalized spacial score (nSPS) is 21.7. The number of amides is 1. The van der Waals surface area contributed by atoms with Crippen LogP contribution in [0.15, 0.2) is 30.3 Å². The van der Waals surface area contributed by atoms with Gasteiger partial charge in [0.1, 0.15) is 5.25 Å². The molecule has 1 amide bonds. The first-order chi connectivity index (χ1) is 10.5. The molecule has 2 atom stereocenters. The molecule has 1 fully saturated rings. The summed E-state index contributed by atoms with van der Waals surface area (Å²) in [6, 6.07) is 9.36. The number of benzene rings is 1. The third-order valence-corrected chi connectivity index (χ3v) is 4.80. The van der Waals surface area contributed by atoms with Gasteiger partial charge >= 0.3 is 0 Å². The van der Waals surface area contributed by atoms with Gasteiger partial charge in [-0.2, -0.15) is 8.42 Å². The molecule has 1 saturated heterocycles. The lowest BCUT2D eigenvalue weighted by Gasteiger charge is -2.11. The van der Waals surface area contributed by atoms with E-state index in [0.29, 0.717) is 13.1 Å². The predicted octanol–water partition coefficient (Wildman–Crippen LogP) is -0.489. The summed E-state index contributed by atoms with van der Waals surface area (Å²) in [5.41, 5.74) is 1.17. The van der Waals surface area contributed by atoms with Crippen LogP contribution in [0.1, 0.15) is 12.0 Å². The summed E-state index contributed by atoms with van der Waals surface area (Å²) in [6.07, 6.45) is 0.0993. The molecule has 4 N–H and O–H groups in total. The van der Waals surface area contributed by atoms with Gasteiger partial charge in [0.25, 0.3) is 10.1 Å². The fourth-order valence-corrected chi connectivity index (χ4v) is 3.10. The number of hydrogen-bond donors (Lipinski definition) is 4. The molecule has 1 aromatic carbocycles. The van der Waals surface area contributed by atoms with E-state index in [1.54, 1.807) is 0 Å². The molecule has 0 aliphatic carbocycles. The first-order valence-electron chi connectivity index (χ1n) is 7.19. The van der Waals surface area contributed by atoms with E-state index in [-0.39, 0.29) is 18.9 Å². The van der Waals surface area contributed by atoms with Gasteiger partial charge in [-0.25, -0.2) is 0 Å². The Kier molecular flexibility index (Phi) is 5.90. The lowest BCUT2D eigenvalue weighted by molar-refractivity contribution is -0.122. The Morgan fingerprint density at radius 3 is 2.64 bits per heavy atom. The fourth-order valence-electron chi connectivity index (χ4n) is 2.36. The van der Waals surface area contributed by atoms with E-state index in [9.17, 15) is 13.2 Å². The van der Waals surface area contributed by atoms with Gasteiger partial charge in [0.2, 0.25) is 5.91 Å². The van der Waals surface area contributed by atoms with Crippen molar-refractivity contribution in [3.63, 3.8) is 0 Å². The minimum absolute atomic E-state index is 0.0993. The average Bonchev–Trinajstić information content (AvgIpc) is 2.98. The van der Waals surface area contributed by atoms with Crippen molar-refractivity contribution < 1.29 is 17.8 Å². The highest BCUT2D eigenvalue weighted by molar-refractivity contribution is 7.86. The molecule has 1 aliphatic heterocycles. The van der Waals surface area contributed by atoms with Gasteiger partial charge in [-0.15, -0.1) is 0 Å². The zero-order valence-corrected chi connectivity index (χ0v) is 13.0. The maximum absolute atomic E-state index is 11.9. The monoisotopic (exact) mass is 327 g/mol. The predicted molar refractivity (Wildman–Crippen MR) is 82.9 cm³/mol. The number of carbonyl (C=O) groups excluding carboxylic acids is 1. The molecule has 8 heteroatoms. The summed E-state index contributed by atoms with van der Waals surface area (Å²) in [4.78, 5) is 11.9. The first kappa shape index (κ1) is 16.9. The smallest absolute Gasteiger partial charge is 0.269 e. The van der Waals surface area contributed by atoms with Crippen molar-refractivity contribution in [2.45, 2.75) is 24.3 Å². The Morgan fingerprint density at radius 1 is 1.27 bits per heavy atom. The van der Waals surface area contributed by atoms with Crippen LogP contribution in [0.25, 0.3) is 0 Å². The van der Waals surface area contributed by atoms with Crippen LogP contribution < -0.4 is 16.0 Å². The van der Waals surface area contributed by atoms with Crippen LogP contribution in [-0.2, 0) is 21.5 Å². The van der Waals surface area contributed by atoms with Crippen molar-refractivity contribution in [3.05, 3.63) is 35.9 Å². The van der Waals surface area contributed by atoms with E-state index in [4.69, 9.17) is 4.55 Å². The number of carbonyl (C=O) groups is 1. The molecule has 1 aliphatic rings. The highest BCUT2D eigenvalue weighted by Gasteiger charge is 2.36. The molecule has 1 aromatic rings. The zero-order chi connectivity index (χ0) is 16.0. The molecule has 22 heavy (non-hydrogen) atoms. The standard InChI is InChI=1S/C14H21N3O4S/c18-14(13-8-12(10-17-13)22(19,20)21)16-7-6-15-9-11-4-2-1-3-5-11/h1-5,12-13,15,17H,6-10H2,(H,16,18)(H,19,20,21)/t12?,13-/m0/s1. The van der Waals surface area contributed by atoms with E-state index in [1.165, 1.54) is 5.56 Å². The van der Waals surface area contributed by atoms with Crippen LogP contribution in [0, 0.1) is 0 Å². The molecule has 0 spiro atoms. The molecular weight excluding hydrogens is 306 g/mol. The second-order valence-electron chi connectivity index (χ2n) is 5.29. The number of rotatable bonds is 7. The maximum Gasteiger partial charge on any atom is 0.269 e. The second-order valence-corrected chi connectivity index (χ2v) is 6.98. The fraction of sp³-hybridized carbons (Fsp3) is 0.500. The van der Waals surface area contributed by atoms with Crippen molar-refractivity contribution >= 4 is 16.0 Å². The van der Waals surface area contributed by atoms with Crippen molar-refractivity contribution in [3.8, 4) is 0 Å². The molecule has 0 saturated carbocycles. The quantitative estimate of drug-likeness (QED) is 0.398. The van der Waals surface area contributed by atoms with Gasteiger partial charge in [-0.1, -0.05) is 30.3 Å². The third-order valence-electron chi connectivity index (χ3n) is 3.60. The van der Waals surface area contributed by atoms with E-state index in [0.717, 1.165) is 6.54 Å². The van der Waals surface area contributed by atoms with Crippen LogP contribution in [0.4, 0.5) is 0 Å². The molecule has 0 radical (unpaired) electrons. The molecule has 1 unspecified atom stereocenters. The molecule has 0 bridgehead atoms.